The average Bonchev–Trinajstić information content (AvgIpc) is 2.34. The van der Waals surface area contributed by atoms with E-state index in [1.807, 2.05) is 0 Å². The van der Waals surface area contributed by atoms with Gasteiger partial charge in [-0.2, -0.15) is 0 Å². The summed E-state index contributed by atoms with van der Waals surface area (Å²) >= 11 is 15.9. The van der Waals surface area contributed by atoms with Crippen molar-refractivity contribution in [1.29, 1.82) is 0 Å². The van der Waals surface area contributed by atoms with Gasteiger partial charge in [0.1, 0.15) is 24.4 Å². The van der Waals surface area contributed by atoms with Gasteiger partial charge in [-0.25, -0.2) is 0 Å². The lowest BCUT2D eigenvalue weighted by molar-refractivity contribution is -0.281. The molecule has 18 heavy (non-hydrogen) atoms. The lowest BCUT2D eigenvalue weighted by Crippen LogP contribution is -2.59. The van der Waals surface area contributed by atoms with Crippen LogP contribution in [0.1, 0.15) is 1.37 Å². The van der Waals surface area contributed by atoms with E-state index in [1.165, 1.54) is 0 Å². The lowest BCUT2D eigenvalue weighted by Gasteiger charge is -2.39. The second-order valence-electron chi connectivity index (χ2n) is 3.47. The standard InChI is InChI=1S/C8H12Cl3NO6/c9-6(10)7(12-11)18-8-5(16)4(15)3(14)2(1-13)17-8/h2-6,8,13-16H,1H2/t2-,3-,4+,5-,8?/m1/s1/i6D. The van der Waals surface area contributed by atoms with Gasteiger partial charge in [-0.3, -0.25) is 0 Å². The molecule has 1 aliphatic rings. The van der Waals surface area contributed by atoms with E-state index in [1.54, 1.807) is 0 Å². The molecule has 0 amide bonds. The third-order valence-electron chi connectivity index (χ3n) is 2.31. The Kier molecular flexibility index (Phi) is 5.71. The summed E-state index contributed by atoms with van der Waals surface area (Å²) in [6, 6.07) is 0. The van der Waals surface area contributed by atoms with Crippen LogP contribution in [0.3, 0.4) is 0 Å². The molecular formula is C8H12Cl3NO6. The number of ether oxygens (including phenoxy) is 2. The molecule has 106 valence electrons. The number of hydrogen-bond donors (Lipinski definition) is 4. The van der Waals surface area contributed by atoms with Crippen LogP contribution in [0.4, 0.5) is 0 Å². The van der Waals surface area contributed by atoms with Gasteiger partial charge in [0.2, 0.25) is 12.2 Å². The van der Waals surface area contributed by atoms with Crippen molar-refractivity contribution in [2.24, 2.45) is 4.51 Å². The van der Waals surface area contributed by atoms with Crippen molar-refractivity contribution in [2.75, 3.05) is 6.61 Å². The minimum absolute atomic E-state index is 0.633. The zero-order chi connectivity index (χ0) is 14.8. The molecule has 1 heterocycles. The molecule has 0 spiro atoms. The van der Waals surface area contributed by atoms with Crippen molar-refractivity contribution < 1.29 is 31.3 Å². The van der Waals surface area contributed by atoms with E-state index in [0.29, 0.717) is 0 Å². The molecule has 0 aromatic carbocycles. The highest BCUT2D eigenvalue weighted by molar-refractivity contribution is 6.54. The van der Waals surface area contributed by atoms with Crippen molar-refractivity contribution in [2.45, 2.75) is 35.5 Å². The van der Waals surface area contributed by atoms with Crippen molar-refractivity contribution in [3.05, 3.63) is 0 Å². The van der Waals surface area contributed by atoms with Gasteiger partial charge in [0.15, 0.2) is 4.81 Å². The predicted octanol–water partition coefficient (Wildman–Crippen LogP) is -0.841. The van der Waals surface area contributed by atoms with Crippen molar-refractivity contribution >= 4 is 40.9 Å². The number of rotatable bonds is 3. The van der Waals surface area contributed by atoms with Crippen LogP contribution < -0.4 is 0 Å². The molecule has 0 saturated carbocycles. The Labute approximate surface area is 119 Å². The quantitative estimate of drug-likeness (QED) is 0.306. The number of alkyl halides is 2. The molecule has 1 saturated heterocycles. The first-order valence-electron chi connectivity index (χ1n) is 5.26. The molecule has 5 atom stereocenters. The highest BCUT2D eigenvalue weighted by atomic mass is 35.5. The molecule has 1 aliphatic heterocycles. The first-order chi connectivity index (χ1) is 8.72. The Hall–Kier alpha value is 0.140. The number of aliphatic hydroxyl groups excluding tert-OH is 4. The van der Waals surface area contributed by atoms with Gasteiger partial charge in [-0.05, 0) is 0 Å². The van der Waals surface area contributed by atoms with Gasteiger partial charge in [0, 0.05) is 11.8 Å². The summed E-state index contributed by atoms with van der Waals surface area (Å²) in [7, 11) is 0. The largest absolute Gasteiger partial charge is 0.445 e. The summed E-state index contributed by atoms with van der Waals surface area (Å²) in [5.41, 5.74) is 0. The molecule has 0 aromatic heterocycles. The third kappa shape index (κ3) is 3.58. The Morgan fingerprint density at radius 3 is 2.39 bits per heavy atom. The van der Waals surface area contributed by atoms with E-state index >= 15 is 0 Å². The summed E-state index contributed by atoms with van der Waals surface area (Å²) in [6.45, 7) is -0.633. The van der Waals surface area contributed by atoms with Gasteiger partial charge >= 0.3 is 0 Å². The molecule has 10 heteroatoms. The topological polar surface area (TPSA) is 112 Å². The molecule has 1 fully saturated rings. The highest BCUT2D eigenvalue weighted by Gasteiger charge is 2.45. The minimum Gasteiger partial charge on any atom is -0.445 e. The fourth-order valence-corrected chi connectivity index (χ4v) is 1.76. The molecule has 0 aromatic rings. The van der Waals surface area contributed by atoms with E-state index in [9.17, 15) is 15.3 Å². The summed E-state index contributed by atoms with van der Waals surface area (Å²) in [5, 5.41) is 37.6. The second kappa shape index (κ2) is 7.06. The number of halogens is 3. The first-order valence-corrected chi connectivity index (χ1v) is 5.86. The van der Waals surface area contributed by atoms with Gasteiger partial charge in [0.05, 0.1) is 7.98 Å². The van der Waals surface area contributed by atoms with E-state index in [-0.39, 0.29) is 0 Å². The Morgan fingerprint density at radius 1 is 1.33 bits per heavy atom. The van der Waals surface area contributed by atoms with Gasteiger partial charge in [-0.15, -0.1) is 4.51 Å². The number of nitrogens with zero attached hydrogens (tertiary/aromatic N) is 1. The minimum atomic E-state index is -2.33. The molecule has 0 bridgehead atoms. The van der Waals surface area contributed by atoms with Crippen molar-refractivity contribution in [3.8, 4) is 0 Å². The van der Waals surface area contributed by atoms with Crippen LogP contribution in [-0.4, -0.2) is 68.4 Å². The van der Waals surface area contributed by atoms with E-state index < -0.39 is 48.0 Å². The molecular weight excluding hydrogens is 312 g/mol. The zero-order valence-electron chi connectivity index (χ0n) is 9.78. The third-order valence-corrected chi connectivity index (χ3v) is 2.79. The van der Waals surface area contributed by atoms with Gasteiger partial charge < -0.3 is 29.9 Å². The van der Waals surface area contributed by atoms with E-state index in [4.69, 9.17) is 50.9 Å². The fourth-order valence-electron chi connectivity index (χ4n) is 1.37. The molecule has 0 radical (unpaired) electrons. The number of hydrogen-bond acceptors (Lipinski definition) is 7. The van der Waals surface area contributed by atoms with Crippen LogP contribution in [0, 0.1) is 0 Å². The Bertz CT molecular complexity index is 339. The van der Waals surface area contributed by atoms with Crippen molar-refractivity contribution in [1.82, 2.24) is 0 Å². The Morgan fingerprint density at radius 2 is 1.94 bits per heavy atom. The van der Waals surface area contributed by atoms with Crippen LogP contribution in [0.2, 0.25) is 0 Å². The van der Waals surface area contributed by atoms with Crippen LogP contribution in [0.15, 0.2) is 4.51 Å². The van der Waals surface area contributed by atoms with E-state index in [0.717, 1.165) is 0 Å². The normalized spacial score (nSPS) is 39.4. The van der Waals surface area contributed by atoms with Crippen LogP contribution in [-0.2, 0) is 9.47 Å². The molecule has 1 unspecified atom stereocenters. The molecule has 7 nitrogen and oxygen atoms in total. The smallest absolute Gasteiger partial charge is 0.237 e. The summed E-state index contributed by atoms with van der Waals surface area (Å²) < 4.78 is 20.1. The van der Waals surface area contributed by atoms with Crippen molar-refractivity contribution in [3.63, 3.8) is 0 Å². The maximum atomic E-state index is 9.64. The molecule has 1 rings (SSSR count). The van der Waals surface area contributed by atoms with Gasteiger partial charge in [-0.1, -0.05) is 23.2 Å². The lowest BCUT2D eigenvalue weighted by atomic mass is 9.99. The summed E-state index contributed by atoms with van der Waals surface area (Å²) in [4.78, 5) is -2.33. The first kappa shape index (κ1) is 14.5. The zero-order valence-corrected chi connectivity index (χ0v) is 11.0. The summed E-state index contributed by atoms with van der Waals surface area (Å²) in [5.74, 6) is -0.693. The fraction of sp³-hybridized carbons (Fsp3) is 0.875. The molecule has 0 aliphatic carbocycles. The average molecular weight is 326 g/mol. The summed E-state index contributed by atoms with van der Waals surface area (Å²) in [6.07, 6.45) is -7.59. The maximum Gasteiger partial charge on any atom is 0.237 e. The molecule has 4 N–H and O–H groups in total. The van der Waals surface area contributed by atoms with Crippen LogP contribution in [0.5, 0.6) is 0 Å². The van der Waals surface area contributed by atoms with Gasteiger partial charge in [0.25, 0.3) is 0 Å². The maximum absolute atomic E-state index is 9.64. The second-order valence-corrected chi connectivity index (χ2v) is 4.58. The SMILES string of the molecule is [2H]C(Cl)(Cl)C(=NCl)OC1O[C@H](CO)[C@@H](O)[C@H](O)[C@H]1O. The monoisotopic (exact) mass is 324 g/mol. The predicted molar refractivity (Wildman–Crippen MR) is 63.6 cm³/mol. The number of aliphatic hydroxyl groups is 4. The van der Waals surface area contributed by atoms with E-state index in [2.05, 4.69) is 4.51 Å². The highest BCUT2D eigenvalue weighted by Crippen LogP contribution is 2.23. The van der Waals surface area contributed by atoms with Crippen LogP contribution in [0.25, 0.3) is 0 Å². The van der Waals surface area contributed by atoms with Crippen LogP contribution >= 0.6 is 35.0 Å². The Balaban J connectivity index is 2.82.